The lowest BCUT2D eigenvalue weighted by Crippen LogP contribution is -2.69. The minimum Gasteiger partial charge on any atom is -0.360 e. The van der Waals surface area contributed by atoms with Crippen LogP contribution in [0.5, 0.6) is 0 Å². The number of aryl methyl sites for hydroxylation is 2. The van der Waals surface area contributed by atoms with Gasteiger partial charge in [0.2, 0.25) is 11.8 Å². The number of para-hydroxylation sites is 1. The highest BCUT2D eigenvalue weighted by atomic mass is 35.5. The van der Waals surface area contributed by atoms with Gasteiger partial charge in [0, 0.05) is 57.3 Å². The van der Waals surface area contributed by atoms with Gasteiger partial charge in [0.25, 0.3) is 17.7 Å². The highest BCUT2D eigenvalue weighted by molar-refractivity contribution is 7.17. The van der Waals surface area contributed by atoms with Crippen molar-refractivity contribution in [2.45, 2.75) is 64.1 Å². The van der Waals surface area contributed by atoms with Crippen molar-refractivity contribution in [2.75, 3.05) is 53.2 Å². The largest absolute Gasteiger partial charge is 0.360 e. The zero-order chi connectivity index (χ0) is 40.4. The van der Waals surface area contributed by atoms with Gasteiger partial charge in [-0.1, -0.05) is 35.1 Å². The predicted molar refractivity (Wildman–Crippen MR) is 215 cm³/mol. The molecule has 0 spiro atoms. The van der Waals surface area contributed by atoms with Crippen molar-refractivity contribution in [1.29, 1.82) is 0 Å². The molecule has 3 N–H and O–H groups in total. The van der Waals surface area contributed by atoms with Crippen molar-refractivity contribution in [3.05, 3.63) is 80.8 Å². The lowest BCUT2D eigenvalue weighted by Gasteiger charge is -2.58. The van der Waals surface area contributed by atoms with Crippen LogP contribution in [-0.2, 0) is 9.59 Å². The topological polar surface area (TPSA) is 173 Å². The Morgan fingerprint density at radius 2 is 1.74 bits per heavy atom. The average molecular weight is 827 g/mol. The van der Waals surface area contributed by atoms with E-state index in [4.69, 9.17) is 16.6 Å². The van der Waals surface area contributed by atoms with Gasteiger partial charge in [0.15, 0.2) is 5.13 Å². The Hall–Kier alpha value is -5.52. The Morgan fingerprint density at radius 1 is 1.00 bits per heavy atom. The molecule has 0 saturated carbocycles. The van der Waals surface area contributed by atoms with E-state index in [-0.39, 0.29) is 42.0 Å². The fraction of sp³-hybridized carbons (Fsp3) is 0.400. The van der Waals surface area contributed by atoms with Gasteiger partial charge in [-0.05, 0) is 69.2 Å². The summed E-state index contributed by atoms with van der Waals surface area (Å²) in [5.74, 6) is -0.856. The monoisotopic (exact) mass is 826 g/mol. The molecule has 10 rings (SSSR count). The lowest BCUT2D eigenvalue weighted by molar-refractivity contribution is -0.136. The maximum atomic E-state index is 15.6. The number of thiazole rings is 1. The van der Waals surface area contributed by atoms with Crippen LogP contribution >= 0.6 is 22.9 Å². The number of halogens is 2. The fourth-order valence-corrected chi connectivity index (χ4v) is 9.90. The summed E-state index contributed by atoms with van der Waals surface area (Å²) in [5.41, 5.74) is 1.77. The number of rotatable bonds is 9. The first kappa shape index (κ1) is 38.0. The second-order valence-electron chi connectivity index (χ2n) is 15.6. The van der Waals surface area contributed by atoms with Crippen molar-refractivity contribution < 1.29 is 28.4 Å². The van der Waals surface area contributed by atoms with E-state index in [1.807, 2.05) is 36.9 Å². The summed E-state index contributed by atoms with van der Waals surface area (Å²) < 4.78 is 15.6. The first-order valence-electron chi connectivity index (χ1n) is 19.4. The summed E-state index contributed by atoms with van der Waals surface area (Å²) in [5, 5.41) is 9.31. The Balaban J connectivity index is 0.784. The second kappa shape index (κ2) is 15.0. The number of piperazine rings is 1. The van der Waals surface area contributed by atoms with Gasteiger partial charge < -0.3 is 20.4 Å². The lowest BCUT2D eigenvalue weighted by atomic mass is 9.85. The minimum atomic E-state index is -1.10. The van der Waals surface area contributed by atoms with E-state index in [0.29, 0.717) is 44.0 Å². The molecule has 300 valence electrons. The highest BCUT2D eigenvalue weighted by Gasteiger charge is 2.49. The molecule has 6 aliphatic rings. The third-order valence-electron chi connectivity index (χ3n) is 11.8. The molecular weight excluding hydrogens is 787 g/mol. The van der Waals surface area contributed by atoms with Crippen LogP contribution < -0.4 is 25.8 Å². The van der Waals surface area contributed by atoms with Crippen LogP contribution in [0.15, 0.2) is 42.6 Å². The summed E-state index contributed by atoms with van der Waals surface area (Å²) in [6.07, 6.45) is 4.47. The van der Waals surface area contributed by atoms with Gasteiger partial charge in [-0.25, -0.2) is 19.3 Å². The van der Waals surface area contributed by atoms with Gasteiger partial charge in [-0.3, -0.25) is 39.1 Å². The van der Waals surface area contributed by atoms with E-state index in [0.717, 1.165) is 74.3 Å². The van der Waals surface area contributed by atoms with Crippen molar-refractivity contribution in [1.82, 2.24) is 30.1 Å². The van der Waals surface area contributed by atoms with E-state index in [1.54, 1.807) is 6.07 Å². The number of hydrogen-bond acceptors (Lipinski definition) is 13. The van der Waals surface area contributed by atoms with Crippen LogP contribution in [0.3, 0.4) is 0 Å². The number of amides is 5. The molecule has 2 bridgehead atoms. The molecule has 0 radical (unpaired) electrons. The number of hydrogen-bond donors (Lipinski definition) is 3. The fourth-order valence-electron chi connectivity index (χ4n) is 8.92. The van der Waals surface area contributed by atoms with Crippen LogP contribution in [0, 0.1) is 25.6 Å². The van der Waals surface area contributed by atoms with Crippen LogP contribution in [0.2, 0.25) is 5.02 Å². The number of piperidine rings is 3. The molecule has 58 heavy (non-hydrogen) atoms. The first-order valence-corrected chi connectivity index (χ1v) is 20.6. The maximum Gasteiger partial charge on any atom is 0.267 e. The summed E-state index contributed by atoms with van der Waals surface area (Å²) in [6, 6.07) is 8.99. The SMILES string of the molecule is Cc1nc(Nc2ncc(C(=O)Nc3c(C)cccc3Cl)s2)cc(N2CCC(CN3CC4CC(C3)N4c3cc4c(cc3F)C(=O)N(C3CCC(=O)NC3=O)C4=O)CC2)n1. The van der Waals surface area contributed by atoms with Gasteiger partial charge in [-0.15, -0.1) is 0 Å². The number of fused-ring (bicyclic) bond motifs is 3. The van der Waals surface area contributed by atoms with E-state index >= 15 is 4.39 Å². The van der Waals surface area contributed by atoms with Gasteiger partial charge in [-0.2, -0.15) is 0 Å². The van der Waals surface area contributed by atoms with Crippen LogP contribution in [-0.4, -0.2) is 105 Å². The molecule has 5 saturated heterocycles. The number of nitrogens with zero attached hydrogens (tertiary/aromatic N) is 7. The van der Waals surface area contributed by atoms with Crippen molar-refractivity contribution >= 4 is 80.6 Å². The van der Waals surface area contributed by atoms with Crippen LogP contribution in [0.1, 0.15) is 73.9 Å². The third kappa shape index (κ3) is 7.04. The first-order chi connectivity index (χ1) is 27.9. The molecule has 3 atom stereocenters. The average Bonchev–Trinajstić information content (AvgIpc) is 3.74. The number of imide groups is 2. The molecule has 5 amide bonds. The molecule has 8 heterocycles. The van der Waals surface area contributed by atoms with E-state index in [1.165, 1.54) is 23.6 Å². The van der Waals surface area contributed by atoms with Crippen molar-refractivity contribution in [3.63, 3.8) is 0 Å². The number of carbonyl (C=O) groups is 5. The minimum absolute atomic E-state index is 0.0171. The molecule has 5 fully saturated rings. The van der Waals surface area contributed by atoms with Gasteiger partial charge in [0.1, 0.15) is 34.2 Å². The molecule has 4 aromatic rings. The Morgan fingerprint density at radius 3 is 2.47 bits per heavy atom. The third-order valence-corrected chi connectivity index (χ3v) is 13.0. The number of aromatic nitrogens is 3. The van der Waals surface area contributed by atoms with E-state index < -0.39 is 35.5 Å². The van der Waals surface area contributed by atoms with Crippen molar-refractivity contribution in [2.24, 2.45) is 5.92 Å². The second-order valence-corrected chi connectivity index (χ2v) is 17.0. The highest BCUT2D eigenvalue weighted by Crippen LogP contribution is 2.42. The summed E-state index contributed by atoms with van der Waals surface area (Å²) in [7, 11) is 0. The Labute approximate surface area is 342 Å². The molecule has 18 heteroatoms. The molecule has 3 unspecified atom stereocenters. The molecule has 15 nitrogen and oxygen atoms in total. The van der Waals surface area contributed by atoms with E-state index in [2.05, 4.69) is 35.7 Å². The predicted octanol–water partition coefficient (Wildman–Crippen LogP) is 4.92. The van der Waals surface area contributed by atoms with Gasteiger partial charge in [0.05, 0.1) is 33.7 Å². The molecule has 2 aromatic heterocycles. The maximum absolute atomic E-state index is 15.6. The summed E-state index contributed by atoms with van der Waals surface area (Å²) in [4.78, 5) is 85.4. The zero-order valence-corrected chi connectivity index (χ0v) is 33.3. The Kier molecular flexibility index (Phi) is 9.84. The van der Waals surface area contributed by atoms with Crippen LogP contribution in [0.25, 0.3) is 0 Å². The number of benzene rings is 2. The zero-order valence-electron chi connectivity index (χ0n) is 31.8. The Bertz CT molecular complexity index is 2350. The molecule has 6 aliphatic heterocycles. The quantitative estimate of drug-likeness (QED) is 0.195. The summed E-state index contributed by atoms with van der Waals surface area (Å²) >= 11 is 7.52. The standard InChI is InChI=1S/C40H40ClFN10O5S/c1-20-4-3-5-27(41)35(20)48-37(55)31-16-43-40(58-31)46-32-15-33(45-21(2)44-32)50-10-8-22(9-11-50)17-49-18-23-12-24(19-49)51(23)30-14-26-25(13-28(30)42)38(56)52(39(26)57)29-6-7-34(53)47-36(29)54/h3-5,13-16,22-24,29H,6-12,17-19H2,1-2H3,(H,48,55)(H,47,53,54)(H,43,44,45,46). The molecule has 0 aliphatic carbocycles. The molecule has 2 aromatic carbocycles. The van der Waals surface area contributed by atoms with E-state index in [9.17, 15) is 24.0 Å². The van der Waals surface area contributed by atoms with Gasteiger partial charge >= 0.3 is 0 Å². The van der Waals surface area contributed by atoms with Crippen LogP contribution in [0.4, 0.5) is 32.5 Å². The number of anilines is 5. The molecular formula is C40H40ClFN10O5S. The smallest absolute Gasteiger partial charge is 0.267 e. The normalized spacial score (nSPS) is 22.2. The number of carbonyl (C=O) groups excluding carboxylic acids is 5. The number of nitrogens with one attached hydrogen (secondary N) is 3. The summed E-state index contributed by atoms with van der Waals surface area (Å²) in [6.45, 7) is 7.86. The van der Waals surface area contributed by atoms with Crippen molar-refractivity contribution in [3.8, 4) is 0 Å².